The highest BCUT2D eigenvalue weighted by atomic mass is 16.6. The van der Waals surface area contributed by atoms with Crippen molar-refractivity contribution < 1.29 is 38.4 Å². The standard InChI is InChI=1S/C31H36O8/c1-21(2)29(34)38-19-17-36-26-11-7-24(8-12-26)31(6,16-15-23(5)28(32)33)25-9-13-27(14-10-25)37-18-20-39-30(35)22(3)4/h7-15H,1,3,16-20H2,2,4-6H3,(H,32,33). The van der Waals surface area contributed by atoms with E-state index in [1.165, 1.54) is 0 Å². The van der Waals surface area contributed by atoms with E-state index in [0.717, 1.165) is 11.1 Å². The van der Waals surface area contributed by atoms with Crippen molar-refractivity contribution in [3.63, 3.8) is 0 Å². The number of benzene rings is 2. The molecule has 0 saturated heterocycles. The van der Waals surface area contributed by atoms with Gasteiger partial charge in [-0.3, -0.25) is 0 Å². The van der Waals surface area contributed by atoms with Gasteiger partial charge in [0.1, 0.15) is 37.9 Å². The zero-order chi connectivity index (χ0) is 29.0. The van der Waals surface area contributed by atoms with Gasteiger partial charge in [0.15, 0.2) is 0 Å². The van der Waals surface area contributed by atoms with Crippen LogP contribution in [0.4, 0.5) is 0 Å². The highest BCUT2D eigenvalue weighted by Gasteiger charge is 2.28. The molecule has 8 nitrogen and oxygen atoms in total. The Balaban J connectivity index is 2.15. The average molecular weight is 537 g/mol. The molecule has 2 aromatic rings. The van der Waals surface area contributed by atoms with Crippen LogP contribution in [0, 0.1) is 0 Å². The Morgan fingerprint density at radius 3 is 1.46 bits per heavy atom. The number of carboxylic acids is 1. The van der Waals surface area contributed by atoms with Crippen molar-refractivity contribution >= 4 is 17.9 Å². The zero-order valence-corrected chi connectivity index (χ0v) is 23.0. The Hall–Kier alpha value is -4.33. The summed E-state index contributed by atoms with van der Waals surface area (Å²) in [7, 11) is 0. The van der Waals surface area contributed by atoms with Crippen molar-refractivity contribution in [3.8, 4) is 11.5 Å². The average Bonchev–Trinajstić information content (AvgIpc) is 2.92. The van der Waals surface area contributed by atoms with E-state index in [1.54, 1.807) is 26.8 Å². The Labute approximate surface area is 229 Å². The van der Waals surface area contributed by atoms with Crippen molar-refractivity contribution in [1.29, 1.82) is 0 Å². The number of rotatable bonds is 15. The summed E-state index contributed by atoms with van der Waals surface area (Å²) in [5, 5.41) is 9.35. The van der Waals surface area contributed by atoms with Crippen molar-refractivity contribution in [2.75, 3.05) is 26.4 Å². The highest BCUT2D eigenvalue weighted by molar-refractivity contribution is 5.87. The molecule has 0 unspecified atom stereocenters. The second kappa shape index (κ2) is 14.6. The van der Waals surface area contributed by atoms with Gasteiger partial charge in [0.2, 0.25) is 0 Å². The third-order valence-electron chi connectivity index (χ3n) is 6.00. The fourth-order valence-electron chi connectivity index (χ4n) is 3.52. The van der Waals surface area contributed by atoms with Crippen LogP contribution in [-0.4, -0.2) is 49.4 Å². The number of aliphatic carboxylic acids is 1. The number of ether oxygens (including phenoxy) is 4. The van der Waals surface area contributed by atoms with Crippen LogP contribution >= 0.6 is 0 Å². The second-order valence-corrected chi connectivity index (χ2v) is 9.31. The molecule has 0 aromatic heterocycles. The number of carbonyl (C=O) groups excluding carboxylic acids is 2. The molecule has 1 N–H and O–H groups in total. The van der Waals surface area contributed by atoms with E-state index in [1.807, 2.05) is 55.5 Å². The van der Waals surface area contributed by atoms with Gasteiger partial charge in [-0.2, -0.15) is 0 Å². The first-order chi connectivity index (χ1) is 18.4. The Morgan fingerprint density at radius 1 is 0.744 bits per heavy atom. The predicted octanol–water partition coefficient (Wildman–Crippen LogP) is 5.41. The molecule has 0 spiro atoms. The monoisotopic (exact) mass is 536 g/mol. The lowest BCUT2D eigenvalue weighted by atomic mass is 9.73. The zero-order valence-electron chi connectivity index (χ0n) is 23.0. The van der Waals surface area contributed by atoms with Crippen LogP contribution in [0.25, 0.3) is 0 Å². The van der Waals surface area contributed by atoms with Crippen LogP contribution in [0.3, 0.4) is 0 Å². The number of hydrogen-bond acceptors (Lipinski definition) is 7. The summed E-state index contributed by atoms with van der Waals surface area (Å²) in [5.41, 5.74) is 2.28. The van der Waals surface area contributed by atoms with Crippen LogP contribution in [-0.2, 0) is 29.3 Å². The maximum Gasteiger partial charge on any atom is 0.333 e. The molecule has 0 fully saturated rings. The summed E-state index contributed by atoms with van der Waals surface area (Å²) < 4.78 is 21.4. The summed E-state index contributed by atoms with van der Waals surface area (Å²) in [5.74, 6) is -0.666. The van der Waals surface area contributed by atoms with Crippen LogP contribution in [0.5, 0.6) is 11.5 Å². The van der Waals surface area contributed by atoms with E-state index in [9.17, 15) is 19.5 Å². The summed E-state index contributed by atoms with van der Waals surface area (Å²) in [6.07, 6.45) is 2.16. The first-order valence-corrected chi connectivity index (χ1v) is 12.5. The minimum atomic E-state index is -0.968. The van der Waals surface area contributed by atoms with Crippen molar-refractivity contribution in [1.82, 2.24) is 0 Å². The summed E-state index contributed by atoms with van der Waals surface area (Å²) >= 11 is 0. The Kier molecular flexibility index (Phi) is 11.5. The smallest absolute Gasteiger partial charge is 0.333 e. The van der Waals surface area contributed by atoms with E-state index < -0.39 is 23.3 Å². The number of carboxylic acid groups (broad SMARTS) is 1. The SMILES string of the molecule is C=C(C)C(=O)OCCOc1ccc(C(C)(CC=C(C)C(=O)O)c2ccc(OCCOC(=O)C(=C)C)cc2)cc1. The number of allylic oxidation sites excluding steroid dienone is 1. The number of carbonyl (C=O) groups is 3. The van der Waals surface area contributed by atoms with Gasteiger partial charge in [0.05, 0.1) is 0 Å². The third kappa shape index (κ3) is 9.48. The molecule has 0 amide bonds. The van der Waals surface area contributed by atoms with Gasteiger partial charge in [0.25, 0.3) is 0 Å². The Morgan fingerprint density at radius 2 is 1.13 bits per heavy atom. The molecular weight excluding hydrogens is 500 g/mol. The van der Waals surface area contributed by atoms with Crippen molar-refractivity contribution in [2.45, 2.75) is 39.5 Å². The van der Waals surface area contributed by atoms with Gasteiger partial charge in [-0.15, -0.1) is 0 Å². The van der Waals surface area contributed by atoms with Crippen LogP contribution in [0.15, 0.2) is 84.5 Å². The molecule has 0 radical (unpaired) electrons. The van der Waals surface area contributed by atoms with E-state index in [0.29, 0.717) is 29.1 Å². The summed E-state index contributed by atoms with van der Waals surface area (Å²) in [6.45, 7) is 14.5. The van der Waals surface area contributed by atoms with E-state index in [-0.39, 0.29) is 32.0 Å². The molecule has 208 valence electrons. The number of hydrogen-bond donors (Lipinski definition) is 1. The Bertz CT molecular complexity index is 1130. The fraction of sp³-hybridized carbons (Fsp3) is 0.323. The molecule has 0 saturated carbocycles. The van der Waals surface area contributed by atoms with Gasteiger partial charge in [-0.05, 0) is 62.6 Å². The van der Waals surface area contributed by atoms with Gasteiger partial charge < -0.3 is 24.1 Å². The molecule has 0 bridgehead atoms. The molecule has 39 heavy (non-hydrogen) atoms. The van der Waals surface area contributed by atoms with E-state index in [4.69, 9.17) is 18.9 Å². The van der Waals surface area contributed by atoms with E-state index >= 15 is 0 Å². The van der Waals surface area contributed by atoms with E-state index in [2.05, 4.69) is 13.2 Å². The van der Waals surface area contributed by atoms with Crippen molar-refractivity contribution in [3.05, 3.63) is 95.6 Å². The first kappa shape index (κ1) is 30.9. The summed E-state index contributed by atoms with van der Waals surface area (Å²) in [6, 6.07) is 15.0. The topological polar surface area (TPSA) is 108 Å². The molecule has 2 rings (SSSR count). The van der Waals surface area contributed by atoms with Crippen molar-refractivity contribution in [2.24, 2.45) is 0 Å². The van der Waals surface area contributed by atoms with Crippen LogP contribution in [0.1, 0.15) is 45.2 Å². The largest absolute Gasteiger partial charge is 0.490 e. The van der Waals surface area contributed by atoms with Gasteiger partial charge >= 0.3 is 17.9 Å². The van der Waals surface area contributed by atoms with Gasteiger partial charge in [0, 0.05) is 22.1 Å². The summed E-state index contributed by atoms with van der Waals surface area (Å²) in [4.78, 5) is 34.4. The molecule has 0 aliphatic carbocycles. The second-order valence-electron chi connectivity index (χ2n) is 9.31. The minimum Gasteiger partial charge on any atom is -0.490 e. The van der Waals surface area contributed by atoms with Crippen LogP contribution < -0.4 is 9.47 Å². The lowest BCUT2D eigenvalue weighted by Gasteiger charge is -2.30. The lowest BCUT2D eigenvalue weighted by molar-refractivity contribution is -0.140. The normalized spacial score (nSPS) is 11.3. The minimum absolute atomic E-state index is 0.106. The maximum atomic E-state index is 11.5. The quantitative estimate of drug-likeness (QED) is 0.183. The fourth-order valence-corrected chi connectivity index (χ4v) is 3.52. The highest BCUT2D eigenvalue weighted by Crippen LogP contribution is 2.37. The van der Waals surface area contributed by atoms with Gasteiger partial charge in [-0.25, -0.2) is 14.4 Å². The molecule has 0 heterocycles. The molecule has 0 atom stereocenters. The lowest BCUT2D eigenvalue weighted by Crippen LogP contribution is -2.23. The molecule has 2 aromatic carbocycles. The van der Waals surface area contributed by atoms with Gasteiger partial charge in [-0.1, -0.05) is 50.4 Å². The molecular formula is C31H36O8. The molecule has 0 aliphatic rings. The predicted molar refractivity (Wildman–Crippen MR) is 148 cm³/mol. The van der Waals surface area contributed by atoms with Crippen LogP contribution in [0.2, 0.25) is 0 Å². The molecule has 0 aliphatic heterocycles. The third-order valence-corrected chi connectivity index (χ3v) is 6.00. The maximum absolute atomic E-state index is 11.5. The molecule has 8 heteroatoms. The first-order valence-electron chi connectivity index (χ1n) is 12.5. The number of esters is 2.